The second-order valence-electron chi connectivity index (χ2n) is 5.38. The fraction of sp³-hybridized carbons (Fsp3) is 0.235. The van der Waals surface area contributed by atoms with Gasteiger partial charge in [-0.3, -0.25) is 14.9 Å². The number of anilines is 1. The van der Waals surface area contributed by atoms with Crippen molar-refractivity contribution in [3.05, 3.63) is 69.8 Å². The second-order valence-corrected chi connectivity index (χ2v) is 5.38. The summed E-state index contributed by atoms with van der Waals surface area (Å²) in [5.41, 5.74) is 2.64. The molecule has 2 aromatic carbocycles. The maximum Gasteiger partial charge on any atom is 0.269 e. The number of nitro benzene ring substituents is 1. The number of rotatable bonds is 6. The topological polar surface area (TPSA) is 75.5 Å². The van der Waals surface area contributed by atoms with Gasteiger partial charge in [-0.05, 0) is 36.2 Å². The van der Waals surface area contributed by atoms with Crippen LogP contribution < -0.4 is 5.32 Å². The van der Waals surface area contributed by atoms with Gasteiger partial charge < -0.3 is 10.2 Å². The van der Waals surface area contributed by atoms with Gasteiger partial charge in [-0.1, -0.05) is 12.1 Å². The van der Waals surface area contributed by atoms with Gasteiger partial charge in [0, 0.05) is 44.0 Å². The van der Waals surface area contributed by atoms with Crippen molar-refractivity contribution in [3.8, 4) is 0 Å². The summed E-state index contributed by atoms with van der Waals surface area (Å²) in [6.45, 7) is 0.678. The van der Waals surface area contributed by atoms with Crippen molar-refractivity contribution in [2.75, 3.05) is 26.0 Å². The van der Waals surface area contributed by atoms with Crippen LogP contribution >= 0.6 is 0 Å². The van der Waals surface area contributed by atoms with Gasteiger partial charge >= 0.3 is 0 Å². The largest absolute Gasteiger partial charge is 0.385 e. The highest BCUT2D eigenvalue weighted by Gasteiger charge is 2.08. The van der Waals surface area contributed by atoms with Gasteiger partial charge in [0.25, 0.3) is 11.6 Å². The first-order valence-corrected chi connectivity index (χ1v) is 7.26. The molecule has 2 aromatic rings. The summed E-state index contributed by atoms with van der Waals surface area (Å²) in [4.78, 5) is 23.7. The Labute approximate surface area is 134 Å². The predicted molar refractivity (Wildman–Crippen MR) is 89.7 cm³/mol. The number of hydrogen-bond acceptors (Lipinski definition) is 4. The number of nitrogens with zero attached hydrogens (tertiary/aromatic N) is 2. The molecule has 0 aromatic heterocycles. The van der Waals surface area contributed by atoms with Crippen molar-refractivity contribution in [2.24, 2.45) is 0 Å². The molecule has 0 radical (unpaired) electrons. The predicted octanol–water partition coefficient (Wildman–Crippen LogP) is 2.95. The van der Waals surface area contributed by atoms with Crippen LogP contribution in [-0.2, 0) is 6.42 Å². The Bertz CT molecular complexity index is 696. The van der Waals surface area contributed by atoms with Gasteiger partial charge in [0.1, 0.15) is 0 Å². The second kappa shape index (κ2) is 7.40. The molecule has 0 aliphatic rings. The molecule has 0 unspecified atom stereocenters. The number of benzene rings is 2. The molecular weight excluding hydrogens is 294 g/mol. The Morgan fingerprint density at radius 3 is 2.48 bits per heavy atom. The Morgan fingerprint density at radius 2 is 1.87 bits per heavy atom. The maximum atomic E-state index is 11.9. The number of non-ortho nitro benzene ring substituents is 1. The molecule has 0 bridgehead atoms. The van der Waals surface area contributed by atoms with E-state index in [-0.39, 0.29) is 11.6 Å². The molecule has 0 heterocycles. The molecule has 2 rings (SSSR count). The van der Waals surface area contributed by atoms with Crippen molar-refractivity contribution < 1.29 is 9.72 Å². The highest BCUT2D eigenvalue weighted by atomic mass is 16.6. The van der Waals surface area contributed by atoms with Crippen molar-refractivity contribution in [1.29, 1.82) is 0 Å². The zero-order chi connectivity index (χ0) is 16.8. The first kappa shape index (κ1) is 16.5. The standard InChI is InChI=1S/C17H19N3O3/c1-19(2)17(21)14-5-3-4-13(12-14)10-11-18-15-6-8-16(9-7-15)20(22)23/h3-9,12,18H,10-11H2,1-2H3. The van der Waals surface area contributed by atoms with Gasteiger partial charge in [0.05, 0.1) is 4.92 Å². The van der Waals surface area contributed by atoms with E-state index in [1.807, 2.05) is 18.2 Å². The minimum atomic E-state index is -0.420. The first-order chi connectivity index (χ1) is 11.0. The highest BCUT2D eigenvalue weighted by Crippen LogP contribution is 2.15. The molecule has 0 saturated carbocycles. The molecular formula is C17H19N3O3. The average Bonchev–Trinajstić information content (AvgIpc) is 2.55. The van der Waals surface area contributed by atoms with E-state index >= 15 is 0 Å². The van der Waals surface area contributed by atoms with Crippen molar-refractivity contribution >= 4 is 17.3 Å². The van der Waals surface area contributed by atoms with Crippen molar-refractivity contribution in [1.82, 2.24) is 4.90 Å². The lowest BCUT2D eigenvalue weighted by Gasteiger charge is -2.11. The van der Waals surface area contributed by atoms with Gasteiger partial charge in [0.2, 0.25) is 0 Å². The summed E-state index contributed by atoms with van der Waals surface area (Å²) in [6, 6.07) is 13.9. The molecule has 0 saturated heterocycles. The van der Waals surface area contributed by atoms with E-state index in [1.54, 1.807) is 37.2 Å². The van der Waals surface area contributed by atoms with Gasteiger partial charge in [-0.15, -0.1) is 0 Å². The average molecular weight is 313 g/mol. The van der Waals surface area contributed by atoms with Crippen LogP contribution in [-0.4, -0.2) is 36.4 Å². The van der Waals surface area contributed by atoms with E-state index in [9.17, 15) is 14.9 Å². The van der Waals surface area contributed by atoms with Crippen LogP contribution in [0, 0.1) is 10.1 Å². The van der Waals surface area contributed by atoms with Crippen LogP contribution in [0.3, 0.4) is 0 Å². The van der Waals surface area contributed by atoms with Gasteiger partial charge in [0.15, 0.2) is 0 Å². The number of nitrogens with one attached hydrogen (secondary N) is 1. The Balaban J connectivity index is 1.92. The van der Waals surface area contributed by atoms with Crippen molar-refractivity contribution in [3.63, 3.8) is 0 Å². The smallest absolute Gasteiger partial charge is 0.269 e. The minimum Gasteiger partial charge on any atom is -0.385 e. The summed E-state index contributed by atoms with van der Waals surface area (Å²) >= 11 is 0. The van der Waals surface area contributed by atoms with E-state index in [4.69, 9.17) is 0 Å². The summed E-state index contributed by atoms with van der Waals surface area (Å²) in [7, 11) is 3.45. The van der Waals surface area contributed by atoms with Gasteiger partial charge in [-0.25, -0.2) is 0 Å². The number of amides is 1. The van der Waals surface area contributed by atoms with Crippen LogP contribution in [0.4, 0.5) is 11.4 Å². The molecule has 0 fully saturated rings. The molecule has 6 heteroatoms. The Hall–Kier alpha value is -2.89. The zero-order valence-corrected chi connectivity index (χ0v) is 13.2. The molecule has 120 valence electrons. The lowest BCUT2D eigenvalue weighted by molar-refractivity contribution is -0.384. The van der Waals surface area contributed by atoms with Crippen LogP contribution in [0.2, 0.25) is 0 Å². The van der Waals surface area contributed by atoms with Gasteiger partial charge in [-0.2, -0.15) is 0 Å². The highest BCUT2D eigenvalue weighted by molar-refractivity contribution is 5.94. The van der Waals surface area contributed by atoms with Crippen LogP contribution in [0.15, 0.2) is 48.5 Å². The number of hydrogen-bond donors (Lipinski definition) is 1. The normalized spacial score (nSPS) is 10.2. The van der Waals surface area contributed by atoms with Crippen LogP contribution in [0.1, 0.15) is 15.9 Å². The molecule has 0 aliphatic heterocycles. The van der Waals surface area contributed by atoms with E-state index in [0.717, 1.165) is 17.7 Å². The minimum absolute atomic E-state index is 0.0184. The molecule has 0 spiro atoms. The van der Waals surface area contributed by atoms with E-state index in [1.165, 1.54) is 12.1 Å². The molecule has 23 heavy (non-hydrogen) atoms. The third-order valence-electron chi connectivity index (χ3n) is 3.40. The Morgan fingerprint density at radius 1 is 1.17 bits per heavy atom. The van der Waals surface area contributed by atoms with E-state index in [0.29, 0.717) is 12.1 Å². The van der Waals surface area contributed by atoms with Crippen LogP contribution in [0.5, 0.6) is 0 Å². The molecule has 1 amide bonds. The quantitative estimate of drug-likeness (QED) is 0.657. The zero-order valence-electron chi connectivity index (χ0n) is 13.2. The summed E-state index contributed by atoms with van der Waals surface area (Å²) < 4.78 is 0. The van der Waals surface area contributed by atoms with E-state index < -0.39 is 4.92 Å². The number of carbonyl (C=O) groups excluding carboxylic acids is 1. The lowest BCUT2D eigenvalue weighted by Crippen LogP contribution is -2.21. The molecule has 0 atom stereocenters. The fourth-order valence-corrected chi connectivity index (χ4v) is 2.17. The molecule has 6 nitrogen and oxygen atoms in total. The maximum absolute atomic E-state index is 11.9. The third-order valence-corrected chi connectivity index (χ3v) is 3.40. The number of carbonyl (C=O) groups is 1. The fourth-order valence-electron chi connectivity index (χ4n) is 2.17. The third kappa shape index (κ3) is 4.54. The van der Waals surface area contributed by atoms with E-state index in [2.05, 4.69) is 5.32 Å². The monoisotopic (exact) mass is 313 g/mol. The van der Waals surface area contributed by atoms with Crippen LogP contribution in [0.25, 0.3) is 0 Å². The summed E-state index contributed by atoms with van der Waals surface area (Å²) in [5, 5.41) is 13.8. The van der Waals surface area contributed by atoms with Crippen molar-refractivity contribution in [2.45, 2.75) is 6.42 Å². The summed E-state index contributed by atoms with van der Waals surface area (Å²) in [5.74, 6) is -0.0184. The lowest BCUT2D eigenvalue weighted by atomic mass is 10.1. The molecule has 1 N–H and O–H groups in total. The molecule has 0 aliphatic carbocycles. The summed E-state index contributed by atoms with van der Waals surface area (Å²) in [6.07, 6.45) is 0.755. The SMILES string of the molecule is CN(C)C(=O)c1cccc(CCNc2ccc([N+](=O)[O-])cc2)c1. The first-order valence-electron chi connectivity index (χ1n) is 7.26. The number of nitro groups is 1. The Kier molecular flexibility index (Phi) is 5.30.